The summed E-state index contributed by atoms with van der Waals surface area (Å²) < 4.78 is 0. The minimum atomic E-state index is -0.318. The number of hydrogen-bond acceptors (Lipinski definition) is 3. The summed E-state index contributed by atoms with van der Waals surface area (Å²) in [4.78, 5) is 16.3. The highest BCUT2D eigenvalue weighted by Crippen LogP contribution is 2.17. The van der Waals surface area contributed by atoms with Crippen molar-refractivity contribution in [1.82, 2.24) is 9.80 Å². The van der Waals surface area contributed by atoms with E-state index in [2.05, 4.69) is 18.7 Å². The van der Waals surface area contributed by atoms with Crippen molar-refractivity contribution in [3.63, 3.8) is 0 Å². The van der Waals surface area contributed by atoms with Gasteiger partial charge >= 0.3 is 0 Å². The highest BCUT2D eigenvalue weighted by Gasteiger charge is 2.26. The van der Waals surface area contributed by atoms with Crippen molar-refractivity contribution in [2.45, 2.75) is 51.6 Å². The number of hydrogen-bond donors (Lipinski definition) is 1. The summed E-state index contributed by atoms with van der Waals surface area (Å²) in [6.45, 7) is 7.31. The van der Waals surface area contributed by atoms with Crippen LogP contribution in [-0.4, -0.2) is 54.5 Å². The van der Waals surface area contributed by atoms with E-state index >= 15 is 0 Å². The van der Waals surface area contributed by atoms with Gasteiger partial charge in [-0.05, 0) is 32.4 Å². The summed E-state index contributed by atoms with van der Waals surface area (Å²) in [5.41, 5.74) is 5.87. The molecule has 4 heteroatoms. The Morgan fingerprint density at radius 3 is 2.82 bits per heavy atom. The minimum absolute atomic E-state index is 0.0924. The lowest BCUT2D eigenvalue weighted by Gasteiger charge is -2.29. The lowest BCUT2D eigenvalue weighted by Crippen LogP contribution is -2.47. The van der Waals surface area contributed by atoms with Crippen LogP contribution in [0.1, 0.15) is 39.5 Å². The maximum Gasteiger partial charge on any atom is 0.239 e. The molecular weight excluding hydrogens is 214 g/mol. The summed E-state index contributed by atoms with van der Waals surface area (Å²) in [6.07, 6.45) is 4.20. The molecule has 0 bridgehead atoms. The first-order valence-electron chi connectivity index (χ1n) is 6.84. The first-order chi connectivity index (χ1) is 8.10. The molecule has 17 heavy (non-hydrogen) atoms. The third-order valence-corrected chi connectivity index (χ3v) is 3.68. The zero-order valence-corrected chi connectivity index (χ0v) is 11.5. The van der Waals surface area contributed by atoms with E-state index < -0.39 is 0 Å². The smallest absolute Gasteiger partial charge is 0.239 e. The van der Waals surface area contributed by atoms with Gasteiger partial charge in [0.25, 0.3) is 0 Å². The predicted octanol–water partition coefficient (Wildman–Crippen LogP) is 1.06. The van der Waals surface area contributed by atoms with Gasteiger partial charge in [0, 0.05) is 19.6 Å². The Morgan fingerprint density at radius 1 is 1.53 bits per heavy atom. The molecule has 1 fully saturated rings. The number of carbonyl (C=O) groups excluding carboxylic acids is 1. The van der Waals surface area contributed by atoms with Gasteiger partial charge in [-0.15, -0.1) is 0 Å². The van der Waals surface area contributed by atoms with E-state index in [-0.39, 0.29) is 11.9 Å². The number of carbonyl (C=O) groups is 1. The Hall–Kier alpha value is -0.610. The molecule has 100 valence electrons. The molecule has 2 atom stereocenters. The van der Waals surface area contributed by atoms with E-state index in [0.717, 1.165) is 25.9 Å². The fourth-order valence-corrected chi connectivity index (χ4v) is 2.64. The third-order valence-electron chi connectivity index (χ3n) is 3.68. The van der Waals surface area contributed by atoms with Gasteiger partial charge in [-0.2, -0.15) is 0 Å². The summed E-state index contributed by atoms with van der Waals surface area (Å²) in [5, 5.41) is 0. The van der Waals surface area contributed by atoms with Gasteiger partial charge in [0.1, 0.15) is 0 Å². The molecule has 4 nitrogen and oxygen atoms in total. The molecule has 1 aliphatic rings. The Kier molecular flexibility index (Phi) is 5.92. The molecule has 1 heterocycles. The monoisotopic (exact) mass is 241 g/mol. The quantitative estimate of drug-likeness (QED) is 0.756. The van der Waals surface area contributed by atoms with Crippen molar-refractivity contribution >= 4 is 5.91 Å². The molecule has 0 aromatic heterocycles. The minimum Gasteiger partial charge on any atom is -0.343 e. The Bertz CT molecular complexity index is 245. The third kappa shape index (κ3) is 3.96. The number of nitrogens with zero attached hydrogens (tertiary/aromatic N) is 2. The Labute approximate surface area is 105 Å². The number of rotatable bonds is 6. The van der Waals surface area contributed by atoms with Crippen LogP contribution in [0.15, 0.2) is 0 Å². The SMILES string of the molecule is CCC[C@@H](N)C(=O)N(C)CC1CCCN1CC. The van der Waals surface area contributed by atoms with E-state index in [4.69, 9.17) is 5.73 Å². The molecule has 1 aliphatic heterocycles. The first kappa shape index (κ1) is 14.5. The highest BCUT2D eigenvalue weighted by molar-refractivity contribution is 5.81. The fraction of sp³-hybridized carbons (Fsp3) is 0.923. The molecule has 0 saturated carbocycles. The van der Waals surface area contributed by atoms with E-state index in [1.807, 2.05) is 11.9 Å². The van der Waals surface area contributed by atoms with Crippen LogP contribution >= 0.6 is 0 Å². The number of likely N-dealkylation sites (tertiary alicyclic amines) is 1. The van der Waals surface area contributed by atoms with Crippen molar-refractivity contribution < 1.29 is 4.79 Å². The number of amides is 1. The van der Waals surface area contributed by atoms with E-state index in [9.17, 15) is 4.79 Å². The topological polar surface area (TPSA) is 49.6 Å². The fourth-order valence-electron chi connectivity index (χ4n) is 2.64. The zero-order chi connectivity index (χ0) is 12.8. The molecule has 0 spiro atoms. The maximum atomic E-state index is 12.0. The van der Waals surface area contributed by atoms with Gasteiger partial charge in [0.05, 0.1) is 6.04 Å². The van der Waals surface area contributed by atoms with Gasteiger partial charge in [-0.3, -0.25) is 9.69 Å². The lowest BCUT2D eigenvalue weighted by molar-refractivity contribution is -0.132. The Morgan fingerprint density at radius 2 is 2.24 bits per heavy atom. The van der Waals surface area contributed by atoms with Crippen LogP contribution in [0.5, 0.6) is 0 Å². The van der Waals surface area contributed by atoms with Crippen LogP contribution in [0.3, 0.4) is 0 Å². The van der Waals surface area contributed by atoms with E-state index in [1.54, 1.807) is 0 Å². The lowest BCUT2D eigenvalue weighted by atomic mass is 10.1. The molecule has 0 radical (unpaired) electrons. The van der Waals surface area contributed by atoms with Gasteiger partial charge in [0.2, 0.25) is 5.91 Å². The summed E-state index contributed by atoms with van der Waals surface area (Å²) >= 11 is 0. The van der Waals surface area contributed by atoms with Gasteiger partial charge < -0.3 is 10.6 Å². The van der Waals surface area contributed by atoms with Gasteiger partial charge in [0.15, 0.2) is 0 Å². The second-order valence-electron chi connectivity index (χ2n) is 5.04. The summed E-state index contributed by atoms with van der Waals surface area (Å²) in [7, 11) is 1.88. The molecule has 0 aromatic rings. The number of nitrogens with two attached hydrogens (primary N) is 1. The van der Waals surface area contributed by atoms with Crippen LogP contribution < -0.4 is 5.73 Å². The summed E-state index contributed by atoms with van der Waals surface area (Å²) in [6, 6.07) is 0.212. The maximum absolute atomic E-state index is 12.0. The van der Waals surface area contributed by atoms with Crippen LogP contribution in [-0.2, 0) is 4.79 Å². The van der Waals surface area contributed by atoms with Crippen LogP contribution in [0.25, 0.3) is 0 Å². The average molecular weight is 241 g/mol. The van der Waals surface area contributed by atoms with Crippen LogP contribution in [0.2, 0.25) is 0 Å². The average Bonchev–Trinajstić information content (AvgIpc) is 2.75. The van der Waals surface area contributed by atoms with Gasteiger partial charge in [-0.1, -0.05) is 20.3 Å². The van der Waals surface area contributed by atoms with E-state index in [1.165, 1.54) is 19.4 Å². The standard InChI is InChI=1S/C13H27N3O/c1-4-7-12(14)13(17)15(3)10-11-8-6-9-16(11)5-2/h11-12H,4-10,14H2,1-3H3/t11?,12-/m1/s1. The predicted molar refractivity (Wildman–Crippen MR) is 70.8 cm³/mol. The molecular formula is C13H27N3O. The van der Waals surface area contributed by atoms with Crippen molar-refractivity contribution in [3.05, 3.63) is 0 Å². The molecule has 1 unspecified atom stereocenters. The van der Waals surface area contributed by atoms with Crippen molar-refractivity contribution in [2.75, 3.05) is 26.7 Å². The van der Waals surface area contributed by atoms with Gasteiger partial charge in [-0.25, -0.2) is 0 Å². The number of likely N-dealkylation sites (N-methyl/N-ethyl adjacent to an activating group) is 2. The molecule has 0 aliphatic carbocycles. The molecule has 0 aromatic carbocycles. The highest BCUT2D eigenvalue weighted by atomic mass is 16.2. The van der Waals surface area contributed by atoms with Crippen molar-refractivity contribution in [1.29, 1.82) is 0 Å². The Balaban J connectivity index is 2.42. The normalized spacial score (nSPS) is 22.7. The van der Waals surface area contributed by atoms with E-state index in [0.29, 0.717) is 6.04 Å². The first-order valence-corrected chi connectivity index (χ1v) is 6.84. The molecule has 2 N–H and O–H groups in total. The molecule has 1 saturated heterocycles. The van der Waals surface area contributed by atoms with Crippen LogP contribution in [0.4, 0.5) is 0 Å². The largest absolute Gasteiger partial charge is 0.343 e. The molecule has 1 amide bonds. The molecule has 1 rings (SSSR count). The van der Waals surface area contributed by atoms with Crippen LogP contribution in [0, 0.1) is 0 Å². The van der Waals surface area contributed by atoms with Crippen molar-refractivity contribution in [2.24, 2.45) is 5.73 Å². The summed E-state index contributed by atoms with van der Waals surface area (Å²) in [5.74, 6) is 0.0924. The van der Waals surface area contributed by atoms with Crippen molar-refractivity contribution in [3.8, 4) is 0 Å². The second kappa shape index (κ2) is 6.97. The zero-order valence-electron chi connectivity index (χ0n) is 11.5. The second-order valence-corrected chi connectivity index (χ2v) is 5.04.